The molecule has 162 valence electrons. The SMILES string of the molecule is Cc1nccc(N2C[C@@H]3C[C@@H]3c3nc([C@]4(NC(=O)c5ccc(F)cc5)C[C@H]4C)ccc32)n1. The fraction of sp³-hybridized carbons (Fsp3) is 0.360. The standard InChI is InChI=1S/C25H24FN5O/c1-14-12-25(14,30-24(32)16-3-5-18(26)6-4-16)21-8-7-20-23(29-21)19-11-17(19)13-31(20)22-9-10-27-15(2)28-22/h3-10,14,17,19H,11-13H2,1-2H3,(H,30,32)/t14-,17+,19+,25+/m1/s1. The van der Waals surface area contributed by atoms with Crippen LogP contribution in [-0.2, 0) is 5.54 Å². The normalized spacial score (nSPS) is 27.3. The highest BCUT2D eigenvalue weighted by atomic mass is 19.1. The van der Waals surface area contributed by atoms with Gasteiger partial charge in [0.15, 0.2) is 0 Å². The minimum absolute atomic E-state index is 0.198. The Morgan fingerprint density at radius 2 is 1.94 bits per heavy atom. The van der Waals surface area contributed by atoms with Crippen molar-refractivity contribution in [1.29, 1.82) is 0 Å². The molecule has 7 heteroatoms. The molecule has 0 spiro atoms. The van der Waals surface area contributed by atoms with Gasteiger partial charge < -0.3 is 10.2 Å². The monoisotopic (exact) mass is 429 g/mol. The molecule has 6 rings (SSSR count). The van der Waals surface area contributed by atoms with Gasteiger partial charge in [-0.05, 0) is 74.1 Å². The Bertz CT molecular complexity index is 1230. The van der Waals surface area contributed by atoms with Gasteiger partial charge >= 0.3 is 0 Å². The van der Waals surface area contributed by atoms with Crippen LogP contribution in [0.2, 0.25) is 0 Å². The van der Waals surface area contributed by atoms with Gasteiger partial charge in [0, 0.05) is 24.2 Å². The third-order valence-electron chi connectivity index (χ3n) is 7.13. The smallest absolute Gasteiger partial charge is 0.252 e. The van der Waals surface area contributed by atoms with E-state index in [2.05, 4.69) is 33.2 Å². The first-order valence-electron chi connectivity index (χ1n) is 11.1. The number of anilines is 2. The third kappa shape index (κ3) is 3.06. The third-order valence-corrected chi connectivity index (χ3v) is 7.13. The lowest BCUT2D eigenvalue weighted by atomic mass is 10.0. The van der Waals surface area contributed by atoms with Crippen LogP contribution in [0.5, 0.6) is 0 Å². The lowest BCUT2D eigenvalue weighted by Crippen LogP contribution is -2.37. The molecule has 1 aliphatic heterocycles. The van der Waals surface area contributed by atoms with Crippen molar-refractivity contribution in [2.24, 2.45) is 11.8 Å². The highest BCUT2D eigenvalue weighted by Crippen LogP contribution is 2.57. The van der Waals surface area contributed by atoms with Crippen molar-refractivity contribution in [3.8, 4) is 0 Å². The van der Waals surface area contributed by atoms with Crippen molar-refractivity contribution >= 4 is 17.4 Å². The number of hydrogen-bond acceptors (Lipinski definition) is 5. The summed E-state index contributed by atoms with van der Waals surface area (Å²) in [5, 5.41) is 3.20. The average molecular weight is 429 g/mol. The van der Waals surface area contributed by atoms with Crippen molar-refractivity contribution in [1.82, 2.24) is 20.3 Å². The number of fused-ring (bicyclic) bond motifs is 3. The van der Waals surface area contributed by atoms with Crippen LogP contribution in [-0.4, -0.2) is 27.4 Å². The Hall–Kier alpha value is -3.35. The maximum Gasteiger partial charge on any atom is 0.252 e. The summed E-state index contributed by atoms with van der Waals surface area (Å²) in [4.78, 5) is 29.1. The number of benzene rings is 1. The predicted octanol–water partition coefficient (Wildman–Crippen LogP) is 4.24. The molecule has 0 unspecified atom stereocenters. The fourth-order valence-corrected chi connectivity index (χ4v) is 5.04. The quantitative estimate of drug-likeness (QED) is 0.672. The Kier molecular flexibility index (Phi) is 4.12. The van der Waals surface area contributed by atoms with Crippen molar-refractivity contribution in [3.63, 3.8) is 0 Å². The molecule has 2 saturated carbocycles. The molecule has 1 aromatic carbocycles. The van der Waals surface area contributed by atoms with E-state index < -0.39 is 5.54 Å². The Morgan fingerprint density at radius 1 is 1.16 bits per heavy atom. The molecule has 1 amide bonds. The van der Waals surface area contributed by atoms with Gasteiger partial charge in [-0.25, -0.2) is 14.4 Å². The number of hydrogen-bond donors (Lipinski definition) is 1. The number of rotatable bonds is 4. The number of nitrogens with zero attached hydrogens (tertiary/aromatic N) is 4. The Morgan fingerprint density at radius 3 is 2.66 bits per heavy atom. The lowest BCUT2D eigenvalue weighted by Gasteiger charge is -2.30. The number of pyridine rings is 1. The van der Waals surface area contributed by atoms with Crippen molar-refractivity contribution in [3.05, 3.63) is 77.3 Å². The van der Waals surface area contributed by atoms with E-state index in [-0.39, 0.29) is 17.6 Å². The van der Waals surface area contributed by atoms with E-state index in [0.29, 0.717) is 17.4 Å². The largest absolute Gasteiger partial charge is 0.341 e. The maximum absolute atomic E-state index is 13.3. The molecular formula is C25H24FN5O. The van der Waals surface area contributed by atoms with E-state index in [9.17, 15) is 9.18 Å². The van der Waals surface area contributed by atoms with Crippen LogP contribution in [0.25, 0.3) is 0 Å². The molecule has 0 radical (unpaired) electrons. The molecule has 2 fully saturated rings. The van der Waals surface area contributed by atoms with Gasteiger partial charge in [0.05, 0.1) is 22.6 Å². The van der Waals surface area contributed by atoms with Crippen molar-refractivity contribution in [2.45, 2.75) is 38.1 Å². The highest BCUT2D eigenvalue weighted by molar-refractivity contribution is 5.95. The van der Waals surface area contributed by atoms with Crippen LogP contribution in [0.1, 0.15) is 53.3 Å². The number of amides is 1. The number of halogens is 1. The lowest BCUT2D eigenvalue weighted by molar-refractivity contribution is 0.0926. The zero-order chi connectivity index (χ0) is 22.0. The number of carbonyl (C=O) groups excluding carboxylic acids is 1. The second kappa shape index (κ2) is 6.82. The van der Waals surface area contributed by atoms with Crippen LogP contribution in [0, 0.1) is 24.6 Å². The van der Waals surface area contributed by atoms with E-state index >= 15 is 0 Å². The van der Waals surface area contributed by atoms with E-state index in [0.717, 1.165) is 48.1 Å². The highest BCUT2D eigenvalue weighted by Gasteiger charge is 2.56. The molecule has 3 aromatic rings. The van der Waals surface area contributed by atoms with Gasteiger partial charge in [-0.15, -0.1) is 0 Å². The summed E-state index contributed by atoms with van der Waals surface area (Å²) < 4.78 is 13.3. The summed E-state index contributed by atoms with van der Waals surface area (Å²) in [6, 6.07) is 11.8. The van der Waals surface area contributed by atoms with Crippen LogP contribution in [0.15, 0.2) is 48.7 Å². The zero-order valence-electron chi connectivity index (χ0n) is 18.0. The average Bonchev–Trinajstić information content (AvgIpc) is 3.70. The minimum atomic E-state index is -0.474. The second-order valence-electron chi connectivity index (χ2n) is 9.31. The van der Waals surface area contributed by atoms with Gasteiger partial charge in [0.1, 0.15) is 17.5 Å². The Balaban J connectivity index is 1.33. The Labute approximate surface area is 185 Å². The molecule has 6 nitrogen and oxygen atoms in total. The molecule has 2 aromatic heterocycles. The molecule has 3 aliphatic rings. The second-order valence-corrected chi connectivity index (χ2v) is 9.31. The van der Waals surface area contributed by atoms with E-state index in [1.54, 1.807) is 6.20 Å². The number of nitrogens with one attached hydrogen (secondary N) is 1. The van der Waals surface area contributed by atoms with Crippen LogP contribution in [0.3, 0.4) is 0 Å². The van der Waals surface area contributed by atoms with Crippen molar-refractivity contribution < 1.29 is 9.18 Å². The van der Waals surface area contributed by atoms with E-state index in [4.69, 9.17) is 4.98 Å². The first-order chi connectivity index (χ1) is 15.4. The molecule has 4 atom stereocenters. The minimum Gasteiger partial charge on any atom is -0.341 e. The van der Waals surface area contributed by atoms with E-state index in [1.165, 1.54) is 24.3 Å². The molecule has 2 aliphatic carbocycles. The molecular weight excluding hydrogens is 405 g/mol. The predicted molar refractivity (Wildman–Crippen MR) is 118 cm³/mol. The van der Waals surface area contributed by atoms with Gasteiger partial charge in [0.2, 0.25) is 0 Å². The summed E-state index contributed by atoms with van der Waals surface area (Å²) in [6.07, 6.45) is 3.77. The first-order valence-corrected chi connectivity index (χ1v) is 11.1. The summed E-state index contributed by atoms with van der Waals surface area (Å²) in [5.41, 5.74) is 3.09. The molecule has 0 saturated heterocycles. The summed E-state index contributed by atoms with van der Waals surface area (Å²) in [6.45, 7) is 4.97. The first kappa shape index (κ1) is 19.3. The number of aromatic nitrogens is 3. The zero-order valence-corrected chi connectivity index (χ0v) is 18.0. The molecule has 32 heavy (non-hydrogen) atoms. The maximum atomic E-state index is 13.3. The van der Waals surface area contributed by atoms with Gasteiger partial charge in [-0.1, -0.05) is 6.92 Å². The summed E-state index contributed by atoms with van der Waals surface area (Å²) >= 11 is 0. The van der Waals surface area contributed by atoms with Crippen molar-refractivity contribution in [2.75, 3.05) is 11.4 Å². The topological polar surface area (TPSA) is 71.0 Å². The van der Waals surface area contributed by atoms with Gasteiger partial charge in [-0.2, -0.15) is 0 Å². The van der Waals surface area contributed by atoms with E-state index in [1.807, 2.05) is 19.1 Å². The van der Waals surface area contributed by atoms with Crippen LogP contribution >= 0.6 is 0 Å². The summed E-state index contributed by atoms with van der Waals surface area (Å²) in [7, 11) is 0. The van der Waals surface area contributed by atoms with Gasteiger partial charge in [-0.3, -0.25) is 9.78 Å². The molecule has 1 N–H and O–H groups in total. The van der Waals surface area contributed by atoms with Gasteiger partial charge in [0.25, 0.3) is 5.91 Å². The molecule has 3 heterocycles. The van der Waals surface area contributed by atoms with Crippen LogP contribution in [0.4, 0.5) is 15.9 Å². The fourth-order valence-electron chi connectivity index (χ4n) is 5.04. The number of aryl methyl sites for hydroxylation is 1. The van der Waals surface area contributed by atoms with Crippen LogP contribution < -0.4 is 10.2 Å². The molecule has 0 bridgehead atoms. The number of carbonyl (C=O) groups is 1. The summed E-state index contributed by atoms with van der Waals surface area (Å²) in [5.74, 6) is 2.45.